The number of nitrogen functional groups attached to an aromatic ring is 1. The first-order chi connectivity index (χ1) is 7.19. The lowest BCUT2D eigenvalue weighted by molar-refractivity contribution is -0.147. The molecule has 0 bridgehead atoms. The van der Waals surface area contributed by atoms with Crippen molar-refractivity contribution in [3.05, 3.63) is 12.3 Å². The molecule has 1 aromatic rings. The minimum Gasteiger partial charge on any atom is -0.464 e. The second-order valence-corrected chi connectivity index (χ2v) is 3.28. The molecule has 0 aromatic carbocycles. The quantitative estimate of drug-likeness (QED) is 0.747. The van der Waals surface area contributed by atoms with Crippen molar-refractivity contribution in [3.8, 4) is 0 Å². The molecule has 1 atom stereocenters. The molecule has 2 N–H and O–H groups in total. The number of carbonyl (C=O) groups is 1. The summed E-state index contributed by atoms with van der Waals surface area (Å²) < 4.78 is 6.55. The van der Waals surface area contributed by atoms with Gasteiger partial charge in [-0.3, -0.25) is 4.68 Å². The SMILES string of the molecule is CCC[C@@H](C(=O)OCC)n1ccc(N)n1. The van der Waals surface area contributed by atoms with Gasteiger partial charge in [-0.1, -0.05) is 13.3 Å². The van der Waals surface area contributed by atoms with Crippen molar-refractivity contribution < 1.29 is 9.53 Å². The summed E-state index contributed by atoms with van der Waals surface area (Å²) in [4.78, 5) is 11.6. The molecular weight excluding hydrogens is 194 g/mol. The van der Waals surface area contributed by atoms with Gasteiger partial charge in [0.05, 0.1) is 6.61 Å². The van der Waals surface area contributed by atoms with E-state index in [1.54, 1.807) is 23.9 Å². The molecule has 0 aliphatic rings. The fourth-order valence-electron chi connectivity index (χ4n) is 1.40. The average molecular weight is 211 g/mol. The van der Waals surface area contributed by atoms with Gasteiger partial charge in [-0.05, 0) is 19.4 Å². The maximum Gasteiger partial charge on any atom is 0.330 e. The number of hydrogen-bond acceptors (Lipinski definition) is 4. The largest absolute Gasteiger partial charge is 0.464 e. The molecule has 1 aromatic heterocycles. The van der Waals surface area contributed by atoms with E-state index in [1.807, 2.05) is 6.92 Å². The van der Waals surface area contributed by atoms with E-state index >= 15 is 0 Å². The minimum atomic E-state index is -0.354. The minimum absolute atomic E-state index is 0.248. The lowest BCUT2D eigenvalue weighted by Gasteiger charge is -2.14. The predicted octanol–water partition coefficient (Wildman–Crippen LogP) is 1.37. The molecule has 0 unspecified atom stereocenters. The van der Waals surface area contributed by atoms with E-state index in [9.17, 15) is 4.79 Å². The molecule has 5 heteroatoms. The summed E-state index contributed by atoms with van der Waals surface area (Å²) in [6.45, 7) is 4.19. The van der Waals surface area contributed by atoms with Crippen LogP contribution in [0.5, 0.6) is 0 Å². The van der Waals surface area contributed by atoms with Gasteiger partial charge < -0.3 is 10.5 Å². The summed E-state index contributed by atoms with van der Waals surface area (Å²) >= 11 is 0. The van der Waals surface area contributed by atoms with Gasteiger partial charge in [-0.2, -0.15) is 5.10 Å². The molecule has 0 fully saturated rings. The Morgan fingerprint density at radius 2 is 2.40 bits per heavy atom. The molecule has 84 valence electrons. The zero-order valence-electron chi connectivity index (χ0n) is 9.14. The van der Waals surface area contributed by atoms with Crippen molar-refractivity contribution in [2.24, 2.45) is 0 Å². The van der Waals surface area contributed by atoms with Crippen molar-refractivity contribution >= 4 is 11.8 Å². The van der Waals surface area contributed by atoms with Gasteiger partial charge in [0.1, 0.15) is 11.9 Å². The number of nitrogens with zero attached hydrogens (tertiary/aromatic N) is 2. The first-order valence-electron chi connectivity index (χ1n) is 5.16. The molecule has 0 saturated carbocycles. The number of aromatic nitrogens is 2. The second kappa shape index (κ2) is 5.38. The number of carbonyl (C=O) groups excluding carboxylic acids is 1. The third-order valence-electron chi connectivity index (χ3n) is 2.07. The normalized spacial score (nSPS) is 12.4. The predicted molar refractivity (Wildman–Crippen MR) is 57.2 cm³/mol. The Morgan fingerprint density at radius 1 is 1.67 bits per heavy atom. The molecule has 0 saturated heterocycles. The monoisotopic (exact) mass is 211 g/mol. The van der Waals surface area contributed by atoms with E-state index in [-0.39, 0.29) is 12.0 Å². The Labute approximate surface area is 89.2 Å². The number of nitrogens with two attached hydrogens (primary N) is 1. The Hall–Kier alpha value is -1.52. The fourth-order valence-corrected chi connectivity index (χ4v) is 1.40. The van der Waals surface area contributed by atoms with Crippen LogP contribution >= 0.6 is 0 Å². The van der Waals surface area contributed by atoms with Gasteiger partial charge in [-0.15, -0.1) is 0 Å². The summed E-state index contributed by atoms with van der Waals surface area (Å²) in [6, 6.07) is 1.31. The topological polar surface area (TPSA) is 70.1 Å². The van der Waals surface area contributed by atoms with Crippen molar-refractivity contribution in [2.75, 3.05) is 12.3 Å². The Bertz CT molecular complexity index is 322. The van der Waals surface area contributed by atoms with E-state index in [4.69, 9.17) is 10.5 Å². The van der Waals surface area contributed by atoms with Crippen LogP contribution < -0.4 is 5.73 Å². The summed E-state index contributed by atoms with van der Waals surface area (Å²) in [5.41, 5.74) is 5.50. The summed E-state index contributed by atoms with van der Waals surface area (Å²) in [5.74, 6) is 0.169. The van der Waals surface area contributed by atoms with Crippen molar-refractivity contribution in [1.29, 1.82) is 0 Å². The zero-order chi connectivity index (χ0) is 11.3. The summed E-state index contributed by atoms with van der Waals surface area (Å²) in [5, 5.41) is 4.03. The van der Waals surface area contributed by atoms with Crippen LogP contribution in [0.1, 0.15) is 32.7 Å². The van der Waals surface area contributed by atoms with Crippen LogP contribution in [-0.2, 0) is 9.53 Å². The average Bonchev–Trinajstić information content (AvgIpc) is 2.61. The Morgan fingerprint density at radius 3 is 2.87 bits per heavy atom. The van der Waals surface area contributed by atoms with E-state index in [0.29, 0.717) is 18.8 Å². The molecule has 0 radical (unpaired) electrons. The highest BCUT2D eigenvalue weighted by atomic mass is 16.5. The molecular formula is C10H17N3O2. The van der Waals surface area contributed by atoms with Crippen molar-refractivity contribution in [1.82, 2.24) is 9.78 Å². The number of hydrogen-bond donors (Lipinski definition) is 1. The Kier molecular flexibility index (Phi) is 4.15. The highest BCUT2D eigenvalue weighted by Gasteiger charge is 2.21. The second-order valence-electron chi connectivity index (χ2n) is 3.28. The number of ether oxygens (including phenoxy) is 1. The molecule has 0 aliphatic carbocycles. The van der Waals surface area contributed by atoms with Crippen LogP contribution in [0, 0.1) is 0 Å². The van der Waals surface area contributed by atoms with Gasteiger partial charge in [-0.25, -0.2) is 4.79 Å². The molecule has 1 rings (SSSR count). The third kappa shape index (κ3) is 2.97. The molecule has 0 amide bonds. The molecule has 5 nitrogen and oxygen atoms in total. The smallest absolute Gasteiger partial charge is 0.330 e. The highest BCUT2D eigenvalue weighted by molar-refractivity contribution is 5.74. The molecule has 0 spiro atoms. The lowest BCUT2D eigenvalue weighted by Crippen LogP contribution is -2.22. The van der Waals surface area contributed by atoms with Crippen LogP contribution in [-0.4, -0.2) is 22.4 Å². The van der Waals surface area contributed by atoms with Crippen LogP contribution in [0.15, 0.2) is 12.3 Å². The van der Waals surface area contributed by atoms with Crippen molar-refractivity contribution in [2.45, 2.75) is 32.7 Å². The van der Waals surface area contributed by atoms with E-state index in [2.05, 4.69) is 5.10 Å². The fraction of sp³-hybridized carbons (Fsp3) is 0.600. The van der Waals surface area contributed by atoms with Crippen LogP contribution in [0.4, 0.5) is 5.82 Å². The third-order valence-corrected chi connectivity index (χ3v) is 2.07. The van der Waals surface area contributed by atoms with Gasteiger partial charge >= 0.3 is 5.97 Å². The van der Waals surface area contributed by atoms with E-state index < -0.39 is 0 Å². The Balaban J connectivity index is 2.77. The summed E-state index contributed by atoms with van der Waals surface area (Å²) in [6.07, 6.45) is 3.30. The molecule has 1 heterocycles. The first-order valence-corrected chi connectivity index (χ1v) is 5.16. The van der Waals surface area contributed by atoms with Crippen LogP contribution in [0.3, 0.4) is 0 Å². The summed E-state index contributed by atoms with van der Waals surface area (Å²) in [7, 11) is 0. The van der Waals surface area contributed by atoms with Crippen LogP contribution in [0.2, 0.25) is 0 Å². The van der Waals surface area contributed by atoms with Gasteiger partial charge in [0, 0.05) is 6.20 Å². The van der Waals surface area contributed by atoms with Crippen LogP contribution in [0.25, 0.3) is 0 Å². The van der Waals surface area contributed by atoms with E-state index in [1.165, 1.54) is 0 Å². The number of esters is 1. The van der Waals surface area contributed by atoms with Crippen molar-refractivity contribution in [3.63, 3.8) is 0 Å². The maximum atomic E-state index is 11.6. The lowest BCUT2D eigenvalue weighted by atomic mass is 10.2. The molecule has 0 aliphatic heterocycles. The van der Waals surface area contributed by atoms with Gasteiger partial charge in [0.15, 0.2) is 0 Å². The van der Waals surface area contributed by atoms with Gasteiger partial charge in [0.2, 0.25) is 0 Å². The highest BCUT2D eigenvalue weighted by Crippen LogP contribution is 2.15. The number of rotatable bonds is 5. The standard InChI is InChI=1S/C10H17N3O2/c1-3-5-8(10(14)15-4-2)13-7-6-9(11)12-13/h6-8H,3-5H2,1-2H3,(H2,11,12)/t8-/m0/s1. The maximum absolute atomic E-state index is 11.6. The number of anilines is 1. The first kappa shape index (κ1) is 11.6. The van der Waals surface area contributed by atoms with Gasteiger partial charge in [0.25, 0.3) is 0 Å². The van der Waals surface area contributed by atoms with E-state index in [0.717, 1.165) is 6.42 Å². The molecule has 15 heavy (non-hydrogen) atoms. The zero-order valence-corrected chi connectivity index (χ0v) is 9.14.